The van der Waals surface area contributed by atoms with E-state index in [1.165, 1.54) is 12.3 Å². The molecule has 7 heteroatoms. The molecule has 3 N–H and O–H groups in total. The minimum atomic E-state index is -1.06. The van der Waals surface area contributed by atoms with Gasteiger partial charge in [0.25, 0.3) is 0 Å². The maximum absolute atomic E-state index is 12.4. The van der Waals surface area contributed by atoms with Crippen LogP contribution in [0.15, 0.2) is 60.9 Å². The van der Waals surface area contributed by atoms with E-state index in [9.17, 15) is 9.59 Å². The minimum Gasteiger partial charge on any atom is -0.477 e. The average molecular weight is 453 g/mol. The molecule has 4 aromatic rings. The van der Waals surface area contributed by atoms with Crippen LogP contribution in [0.2, 0.25) is 0 Å². The first-order valence-corrected chi connectivity index (χ1v) is 11.3. The zero-order chi connectivity index (χ0) is 23.8. The van der Waals surface area contributed by atoms with E-state index in [0.29, 0.717) is 12.1 Å². The molecule has 1 atom stereocenters. The molecular weight excluding hydrogens is 428 g/mol. The number of fused-ring (bicyclic) bond motifs is 2. The van der Waals surface area contributed by atoms with Gasteiger partial charge in [-0.1, -0.05) is 37.3 Å². The van der Waals surface area contributed by atoms with Gasteiger partial charge in [0.1, 0.15) is 5.69 Å². The molecule has 5 rings (SSSR count). The van der Waals surface area contributed by atoms with E-state index in [4.69, 9.17) is 5.11 Å². The van der Waals surface area contributed by atoms with Crippen LogP contribution in [-0.2, 0) is 11.2 Å². The van der Waals surface area contributed by atoms with Crippen molar-refractivity contribution in [2.75, 3.05) is 10.6 Å². The number of carboxylic acids is 1. The number of hydrogen-bond acceptors (Lipinski definition) is 5. The van der Waals surface area contributed by atoms with Crippen molar-refractivity contribution in [1.29, 1.82) is 0 Å². The Morgan fingerprint density at radius 2 is 1.91 bits per heavy atom. The van der Waals surface area contributed by atoms with Crippen LogP contribution in [0, 0.1) is 0 Å². The molecule has 0 radical (unpaired) electrons. The molecule has 0 bridgehead atoms. The molecular formula is C27H24N4O3. The highest BCUT2D eigenvalue weighted by Gasteiger charge is 2.23. The van der Waals surface area contributed by atoms with Crippen molar-refractivity contribution >= 4 is 34.0 Å². The van der Waals surface area contributed by atoms with Gasteiger partial charge in [0.2, 0.25) is 5.91 Å². The molecule has 0 fully saturated rings. The van der Waals surface area contributed by atoms with E-state index in [-0.39, 0.29) is 17.6 Å². The van der Waals surface area contributed by atoms with E-state index >= 15 is 0 Å². The largest absolute Gasteiger partial charge is 0.477 e. The number of carbonyl (C=O) groups is 2. The Labute approximate surface area is 196 Å². The molecule has 0 spiro atoms. The number of carbonyl (C=O) groups excluding carboxylic acids is 1. The number of amides is 1. The zero-order valence-corrected chi connectivity index (χ0v) is 18.9. The van der Waals surface area contributed by atoms with E-state index in [2.05, 4.69) is 45.7 Å². The Hall–Kier alpha value is -4.26. The molecule has 34 heavy (non-hydrogen) atoms. The lowest BCUT2D eigenvalue weighted by Gasteiger charge is -2.20. The van der Waals surface area contributed by atoms with Gasteiger partial charge in [-0.05, 0) is 48.1 Å². The van der Waals surface area contributed by atoms with Crippen molar-refractivity contribution in [3.05, 3.63) is 72.2 Å². The Bertz CT molecular complexity index is 1430. The lowest BCUT2D eigenvalue weighted by molar-refractivity contribution is -0.116. The molecule has 0 saturated carbocycles. The Kier molecular flexibility index (Phi) is 5.45. The second-order valence-corrected chi connectivity index (χ2v) is 8.51. The van der Waals surface area contributed by atoms with Gasteiger partial charge in [0.05, 0.1) is 17.1 Å². The first-order valence-electron chi connectivity index (χ1n) is 11.3. The van der Waals surface area contributed by atoms with Crippen molar-refractivity contribution < 1.29 is 14.7 Å². The van der Waals surface area contributed by atoms with Crippen LogP contribution in [0.4, 0.5) is 11.4 Å². The van der Waals surface area contributed by atoms with E-state index in [1.54, 1.807) is 6.07 Å². The SMILES string of the molecule is CCc1ccc(-c2cccc3cc(-c4ccc(C(=O)O)nc4)ncc23)c2c1NC(=O)CC(C)N2. The molecule has 1 unspecified atom stereocenters. The summed E-state index contributed by atoms with van der Waals surface area (Å²) in [6.45, 7) is 4.09. The average Bonchev–Trinajstić information content (AvgIpc) is 2.99. The zero-order valence-electron chi connectivity index (χ0n) is 18.9. The normalized spacial score (nSPS) is 15.2. The van der Waals surface area contributed by atoms with Crippen LogP contribution in [0.1, 0.15) is 36.3 Å². The number of carboxylic acid groups (broad SMARTS) is 1. The van der Waals surface area contributed by atoms with E-state index in [0.717, 1.165) is 50.8 Å². The van der Waals surface area contributed by atoms with Crippen LogP contribution < -0.4 is 10.6 Å². The van der Waals surface area contributed by atoms with Crippen LogP contribution in [-0.4, -0.2) is 33.0 Å². The third kappa shape index (κ3) is 3.85. The second kappa shape index (κ2) is 8.59. The van der Waals surface area contributed by atoms with Gasteiger partial charge in [-0.3, -0.25) is 9.78 Å². The van der Waals surface area contributed by atoms with Gasteiger partial charge >= 0.3 is 5.97 Å². The molecule has 0 saturated heterocycles. The molecule has 1 aliphatic rings. The van der Waals surface area contributed by atoms with Crippen molar-refractivity contribution in [1.82, 2.24) is 9.97 Å². The van der Waals surface area contributed by atoms with Crippen LogP contribution in [0.5, 0.6) is 0 Å². The van der Waals surface area contributed by atoms with Crippen molar-refractivity contribution in [3.8, 4) is 22.4 Å². The maximum Gasteiger partial charge on any atom is 0.354 e. The summed E-state index contributed by atoms with van der Waals surface area (Å²) in [7, 11) is 0. The first-order chi connectivity index (χ1) is 16.4. The Balaban J connectivity index is 1.63. The van der Waals surface area contributed by atoms with Crippen LogP contribution in [0.3, 0.4) is 0 Å². The van der Waals surface area contributed by atoms with Crippen molar-refractivity contribution in [2.45, 2.75) is 32.7 Å². The smallest absolute Gasteiger partial charge is 0.354 e. The summed E-state index contributed by atoms with van der Waals surface area (Å²) in [6, 6.07) is 15.5. The highest BCUT2D eigenvalue weighted by Crippen LogP contribution is 2.42. The highest BCUT2D eigenvalue weighted by molar-refractivity contribution is 6.06. The number of anilines is 2. The molecule has 170 valence electrons. The number of aromatic carboxylic acids is 1. The number of nitrogens with zero attached hydrogens (tertiary/aromatic N) is 2. The summed E-state index contributed by atoms with van der Waals surface area (Å²) in [5.41, 5.74) is 6.36. The number of aryl methyl sites for hydroxylation is 1. The topological polar surface area (TPSA) is 104 Å². The van der Waals surface area contributed by atoms with Gasteiger partial charge in [-0.25, -0.2) is 9.78 Å². The third-order valence-electron chi connectivity index (χ3n) is 6.15. The molecule has 2 aromatic heterocycles. The summed E-state index contributed by atoms with van der Waals surface area (Å²) in [5, 5.41) is 17.7. The summed E-state index contributed by atoms with van der Waals surface area (Å²) >= 11 is 0. The maximum atomic E-state index is 12.4. The second-order valence-electron chi connectivity index (χ2n) is 8.51. The van der Waals surface area contributed by atoms with Crippen molar-refractivity contribution in [3.63, 3.8) is 0 Å². The predicted octanol–water partition coefficient (Wildman–Crippen LogP) is 5.37. The summed E-state index contributed by atoms with van der Waals surface area (Å²) in [4.78, 5) is 32.2. The lowest BCUT2D eigenvalue weighted by Crippen LogP contribution is -2.19. The number of rotatable bonds is 4. The number of aromatic nitrogens is 2. The molecule has 1 aliphatic heterocycles. The monoisotopic (exact) mass is 452 g/mol. The highest BCUT2D eigenvalue weighted by atomic mass is 16.4. The third-order valence-corrected chi connectivity index (χ3v) is 6.15. The molecule has 1 amide bonds. The predicted molar refractivity (Wildman–Crippen MR) is 133 cm³/mol. The minimum absolute atomic E-state index is 0.00290. The lowest BCUT2D eigenvalue weighted by atomic mass is 9.94. The van der Waals surface area contributed by atoms with E-state index < -0.39 is 5.97 Å². The molecule has 0 aliphatic carbocycles. The van der Waals surface area contributed by atoms with Crippen LogP contribution >= 0.6 is 0 Å². The standard InChI is InChI=1S/C27H24N4O3/c1-3-16-7-9-20(26-25(16)31-24(32)11-15(2)30-26)19-6-4-5-17-12-23(29-14-21(17)19)18-8-10-22(27(33)34)28-13-18/h4-10,12-15,30H,3,11H2,1-2H3,(H,31,32)(H,33,34). The number of nitrogens with one attached hydrogen (secondary N) is 2. The van der Waals surface area contributed by atoms with Crippen LogP contribution in [0.25, 0.3) is 33.2 Å². The van der Waals surface area contributed by atoms with Gasteiger partial charge < -0.3 is 15.7 Å². The van der Waals surface area contributed by atoms with Gasteiger partial charge in [-0.2, -0.15) is 0 Å². The fraction of sp³-hybridized carbons (Fsp3) is 0.185. The fourth-order valence-corrected chi connectivity index (χ4v) is 4.46. The molecule has 3 heterocycles. The Morgan fingerprint density at radius 3 is 2.65 bits per heavy atom. The van der Waals surface area contributed by atoms with Crippen molar-refractivity contribution in [2.24, 2.45) is 0 Å². The summed E-state index contributed by atoms with van der Waals surface area (Å²) in [6.07, 6.45) is 4.59. The van der Waals surface area contributed by atoms with E-state index in [1.807, 2.05) is 31.3 Å². The summed E-state index contributed by atoms with van der Waals surface area (Å²) < 4.78 is 0. The number of benzene rings is 2. The van der Waals surface area contributed by atoms with Gasteiger partial charge in [-0.15, -0.1) is 0 Å². The fourth-order valence-electron chi connectivity index (χ4n) is 4.46. The Morgan fingerprint density at radius 1 is 1.06 bits per heavy atom. The number of pyridine rings is 2. The first kappa shape index (κ1) is 21.6. The number of hydrogen-bond donors (Lipinski definition) is 3. The van der Waals surface area contributed by atoms with Gasteiger partial charge in [0.15, 0.2) is 0 Å². The molecule has 2 aromatic carbocycles. The quantitative estimate of drug-likeness (QED) is 0.385. The molecule has 7 nitrogen and oxygen atoms in total. The van der Waals surface area contributed by atoms with Gasteiger partial charge in [0, 0.05) is 41.4 Å². The summed E-state index contributed by atoms with van der Waals surface area (Å²) in [5.74, 6) is -1.05.